The first-order chi connectivity index (χ1) is 65.3. The quantitative estimate of drug-likeness (QED) is 0.00672. The summed E-state index contributed by atoms with van der Waals surface area (Å²) in [5, 5.41) is 4.84. The maximum atomic E-state index is 15.7. The van der Waals surface area contributed by atoms with Crippen LogP contribution in [0.2, 0.25) is 97.7 Å². The minimum absolute atomic E-state index is 0.00494. The Labute approximate surface area is 865 Å². The molecule has 140 heavy (non-hydrogen) atoms. The molecule has 0 spiro atoms. The minimum atomic E-state index is -2.81. The van der Waals surface area contributed by atoms with Crippen molar-refractivity contribution in [1.82, 2.24) is 0 Å². The average molecular weight is 2170 g/mol. The Hall–Kier alpha value is -5.90. The first kappa shape index (κ1) is 121. The van der Waals surface area contributed by atoms with Gasteiger partial charge in [0.1, 0.15) is 46.5 Å². The molecule has 17 nitrogen and oxygen atoms in total. The van der Waals surface area contributed by atoms with Gasteiger partial charge in [0, 0.05) is 75.4 Å². The van der Waals surface area contributed by atoms with Gasteiger partial charge in [-0.25, -0.2) is 18.4 Å². The van der Waals surface area contributed by atoms with Crippen LogP contribution in [0, 0.1) is 23.5 Å². The van der Waals surface area contributed by atoms with Gasteiger partial charge in [-0.1, -0.05) is 335 Å². The van der Waals surface area contributed by atoms with E-state index in [1.165, 1.54) is 83.8 Å². The molecule has 3 saturated heterocycles. The van der Waals surface area contributed by atoms with Crippen molar-refractivity contribution in [2.45, 2.75) is 346 Å². The van der Waals surface area contributed by atoms with E-state index in [1.807, 2.05) is 64.1 Å². The molecule has 776 valence electrons. The molecule has 10 rings (SSSR count). The molecule has 0 aromatic heterocycles. The number of thioether (sulfide) groups is 1. The Morgan fingerprint density at radius 2 is 0.857 bits per heavy atom. The zero-order chi connectivity index (χ0) is 104. The molecule has 7 aromatic rings. The molecule has 11 atom stereocenters. The lowest BCUT2D eigenvalue weighted by atomic mass is 10.00. The number of halogens is 3. The van der Waals surface area contributed by atoms with Crippen molar-refractivity contribution in [2.75, 3.05) is 52.1 Å². The van der Waals surface area contributed by atoms with E-state index < -0.39 is 103 Å². The maximum Gasteiger partial charge on any atom is 0.342 e. The second kappa shape index (κ2) is 53.6. The van der Waals surface area contributed by atoms with E-state index in [0.29, 0.717) is 24.9 Å². The van der Waals surface area contributed by atoms with Crippen LogP contribution in [0.15, 0.2) is 211 Å². The predicted molar refractivity (Wildman–Crippen MR) is 597 cm³/mol. The lowest BCUT2D eigenvalue weighted by Gasteiger charge is -2.45. The van der Waals surface area contributed by atoms with Crippen molar-refractivity contribution in [2.24, 2.45) is 11.8 Å². The van der Waals surface area contributed by atoms with Gasteiger partial charge >= 0.3 is 11.9 Å². The van der Waals surface area contributed by atoms with Gasteiger partial charge in [-0.05, 0) is 202 Å². The molecule has 3 aliphatic heterocycles. The van der Waals surface area contributed by atoms with Crippen LogP contribution in [-0.4, -0.2) is 180 Å². The van der Waals surface area contributed by atoms with Crippen LogP contribution in [0.3, 0.4) is 0 Å². The Bertz CT molecular complexity index is 4910. The van der Waals surface area contributed by atoms with Crippen molar-refractivity contribution in [1.29, 1.82) is 0 Å². The van der Waals surface area contributed by atoms with Crippen LogP contribution in [0.1, 0.15) is 203 Å². The second-order valence-corrected chi connectivity index (χ2v) is 77.1. The van der Waals surface area contributed by atoms with Gasteiger partial charge in [0.05, 0.1) is 43.7 Å². The molecule has 0 bridgehead atoms. The highest BCUT2D eigenvalue weighted by atomic mass is 127. The molecule has 3 fully saturated rings. The van der Waals surface area contributed by atoms with E-state index in [9.17, 15) is 14.0 Å². The highest BCUT2D eigenvalue weighted by molar-refractivity contribution is 14.1. The zero-order valence-electron chi connectivity index (χ0n) is 90.7. The molecule has 3 unspecified atom stereocenters. The van der Waals surface area contributed by atoms with Gasteiger partial charge in [-0.2, -0.15) is 0 Å². The average Bonchev–Trinajstić information content (AvgIpc) is 0.866. The van der Waals surface area contributed by atoms with E-state index in [4.69, 9.17) is 69.8 Å². The zero-order valence-corrected chi connectivity index (χ0v) is 99.7. The first-order valence-corrected chi connectivity index (χ1v) is 69.6. The van der Waals surface area contributed by atoms with Crippen LogP contribution in [-0.2, 0) is 66.1 Å². The number of hydrogen-bond donors (Lipinski definition) is 0. The van der Waals surface area contributed by atoms with E-state index in [1.54, 1.807) is 6.08 Å². The molecule has 0 saturated carbocycles. The summed E-state index contributed by atoms with van der Waals surface area (Å²) in [7, 11) is -9.81. The maximum absolute atomic E-state index is 15.7. The van der Waals surface area contributed by atoms with Crippen molar-refractivity contribution in [3.63, 3.8) is 0 Å². The summed E-state index contributed by atoms with van der Waals surface area (Å²) in [5.41, 5.74) is 0.510. The van der Waals surface area contributed by atoms with Gasteiger partial charge in [-0.15, -0.1) is 11.8 Å². The standard InChI is InChI=1S/C51H77FO8Si3.C36H57IO4Si2.C21H27FO4SSi.C5H10O/c1-37(38(2)59-63(50(6,7)8,39-24-19-17-20-25-39)40-26-21-18-22-27-40)30-32-45(60-62(15,16)49(3,4)5)47-44(57-51(9,10)58-47)29-23-28-41-42(52)31-33-43(56-36-54-11)46(41)48(53)55-34-35-61(12,13)14;1-27(23-24-32(41-42(11,12)34(3,4)5)33-31(25-26-37)38-36(9,10)39-33)28(2)40-43(35(6,7)8,29-19-15-13-16-20-29)30-21-17-14-18-22-30;1-24-15-26-19-11-10-18(22)17(14-27-16-8-6-5-7-9-16)20(19)21(23)25-12-13-28(2,3)4;1-5-3-2-4-6-5/h17-28,30-33,37-38,44-45,47H,29,34-36H2,1-16H3;13-24,27-28,31-33H,25-26H2,1-12H3;5-11H,12-15H2,1-4H3;5H,2-4H2,1H3/b28-23+,32-30-;24-23-;;/t37-,38+,44+,45?,47+;27-,28+,31+,32?,33+;;/m11../s1. The number of alkyl halides is 1. The van der Waals surface area contributed by atoms with Crippen LogP contribution in [0.25, 0.3) is 6.08 Å². The van der Waals surface area contributed by atoms with Crippen LogP contribution < -0.4 is 30.2 Å². The van der Waals surface area contributed by atoms with Gasteiger partial charge in [-0.3, -0.25) is 0 Å². The van der Waals surface area contributed by atoms with Crippen molar-refractivity contribution in [3.8, 4) is 11.5 Å². The highest BCUT2D eigenvalue weighted by Crippen LogP contribution is 2.46. The van der Waals surface area contributed by atoms with Crippen LogP contribution in [0.5, 0.6) is 11.5 Å². The summed E-state index contributed by atoms with van der Waals surface area (Å²) in [4.78, 5) is 27.4. The molecule has 3 heterocycles. The summed E-state index contributed by atoms with van der Waals surface area (Å²) in [6, 6.07) is 60.0. The Balaban J connectivity index is 0.000000297. The minimum Gasteiger partial charge on any atom is -0.467 e. The fraction of sp³-hybridized carbons (Fsp3) is 0.558. The summed E-state index contributed by atoms with van der Waals surface area (Å²) in [6.07, 6.45) is 14.8. The van der Waals surface area contributed by atoms with Gasteiger partial charge in [0.15, 0.2) is 41.8 Å². The van der Waals surface area contributed by atoms with Crippen LogP contribution >= 0.6 is 34.4 Å². The van der Waals surface area contributed by atoms with Crippen molar-refractivity contribution < 1.29 is 88.2 Å². The molecule has 3 aliphatic rings. The van der Waals surface area contributed by atoms with E-state index >= 15 is 4.39 Å². The number of rotatable bonds is 42. The molecule has 27 heteroatoms. The topological polar surface area (TPSA) is 173 Å². The molecule has 0 amide bonds. The number of carbonyl (C=O) groups is 2. The number of benzene rings is 7. The number of methoxy groups -OCH3 is 2. The fourth-order valence-corrected chi connectivity index (χ4v) is 31.5. The van der Waals surface area contributed by atoms with Gasteiger partial charge in [0.2, 0.25) is 0 Å². The molecule has 7 aromatic carbocycles. The second-order valence-electron chi connectivity index (χ2n) is 45.7. The predicted octanol–water partition coefficient (Wildman–Crippen LogP) is 27.4. The largest absolute Gasteiger partial charge is 0.467 e. The molecular weight excluding hydrogens is 1990 g/mol. The Morgan fingerprint density at radius 3 is 1.21 bits per heavy atom. The highest BCUT2D eigenvalue weighted by Gasteiger charge is 2.55. The lowest BCUT2D eigenvalue weighted by molar-refractivity contribution is -0.152. The summed E-state index contributed by atoms with van der Waals surface area (Å²) >= 11 is 3.89. The SMILES string of the molecule is CC1CCCO1.COCOc1ccc(F)c(/C=C/C[C@@H]2OC(C)(C)O[C@@H]2C(/C=C\[C@@H](C)[C@H](C)O[Si](c2ccccc2)(c2ccccc2)C(C)(C)C)O[Si](C)(C)C(C)(C)C)c1C(=O)OCC[Si](C)(C)C.COCOc1ccc(F)c(CSc2ccccc2)c1C(=O)OCC[Si](C)(C)C.C[C@H](/C=C\C(O[Si](C)(C)C(C)(C)C)[C@H]1OC(C)(C)O[C@H]1CCI)[C@H](C)O[Si](c1ccccc1)(c1ccccc1)C(C)(C)C. The van der Waals surface area contributed by atoms with E-state index in [-0.39, 0.29) is 116 Å². The number of esters is 2. The summed E-state index contributed by atoms with van der Waals surface area (Å²) < 4.78 is 125. The number of ether oxygens (including phenoxy) is 11. The molecular formula is C113H171F2IO17SSi6. The van der Waals surface area contributed by atoms with E-state index in [2.05, 4.69) is 351 Å². The molecule has 0 aliphatic carbocycles. The molecule has 0 N–H and O–H groups in total. The first-order valence-electron chi connectivity index (χ1n) is 50.0. The third-order valence-electron chi connectivity index (χ3n) is 26.8. The number of hydrogen-bond acceptors (Lipinski definition) is 18. The Morgan fingerprint density at radius 1 is 0.486 bits per heavy atom. The summed E-state index contributed by atoms with van der Waals surface area (Å²) in [6.45, 7) is 70.1. The van der Waals surface area contributed by atoms with E-state index in [0.717, 1.165) is 34.4 Å². The monoisotopic (exact) mass is 2160 g/mol. The fourth-order valence-electron chi connectivity index (χ4n) is 16.5. The van der Waals surface area contributed by atoms with Gasteiger partial charge in [0.25, 0.3) is 16.6 Å². The Kier molecular flexibility index (Phi) is 46.4. The van der Waals surface area contributed by atoms with Crippen molar-refractivity contribution in [3.05, 3.63) is 240 Å². The van der Waals surface area contributed by atoms with Crippen molar-refractivity contribution >= 4 is 123 Å². The smallest absolute Gasteiger partial charge is 0.342 e. The van der Waals surface area contributed by atoms with Gasteiger partial charge < -0.3 is 69.8 Å². The number of carbonyl (C=O) groups excluding carboxylic acids is 2. The summed E-state index contributed by atoms with van der Waals surface area (Å²) in [5.74, 6) is -2.87. The third-order valence-corrected chi connectivity index (χ3v) is 51.0. The normalized spacial score (nSPS) is 19.1. The third kappa shape index (κ3) is 35.4. The lowest BCUT2D eigenvalue weighted by Crippen LogP contribution is -2.67. The molecule has 0 radical (unpaired) electrons. The van der Waals surface area contributed by atoms with Crippen LogP contribution in [0.4, 0.5) is 8.78 Å².